The third-order valence-corrected chi connectivity index (χ3v) is 16.8. The van der Waals surface area contributed by atoms with Crippen LogP contribution in [0.15, 0.2) is 83.2 Å². The molecule has 23 nitrogen and oxygen atoms in total. The number of halogens is 5. The smallest absolute Gasteiger partial charge is 0.313 e. The first kappa shape index (κ1) is 74.2. The zero-order valence-corrected chi connectivity index (χ0v) is 53.8. The van der Waals surface area contributed by atoms with Gasteiger partial charge in [0.1, 0.15) is 12.0 Å². The van der Waals surface area contributed by atoms with Crippen LogP contribution < -0.4 is 26.4 Å². The van der Waals surface area contributed by atoms with Crippen LogP contribution in [-0.2, 0) is 52.2 Å². The van der Waals surface area contributed by atoms with Crippen LogP contribution in [0.5, 0.6) is 5.75 Å². The number of nitrogens with one attached hydrogen (secondary N) is 2. The molecule has 5 aliphatic rings. The largest absolute Gasteiger partial charge is 0.490 e. The highest BCUT2D eigenvalue weighted by atomic mass is 19.3. The number of hydrogen-bond donors (Lipinski definition) is 4. The molecule has 7 rings (SSSR count). The van der Waals surface area contributed by atoms with E-state index in [9.17, 15) is 37.0 Å². The third kappa shape index (κ3) is 25.8. The summed E-state index contributed by atoms with van der Waals surface area (Å²) in [6.45, 7) is 14.1. The van der Waals surface area contributed by atoms with E-state index in [2.05, 4.69) is 46.2 Å². The van der Waals surface area contributed by atoms with Crippen molar-refractivity contribution in [1.82, 2.24) is 25.2 Å². The molecule has 518 valence electrons. The van der Waals surface area contributed by atoms with Crippen LogP contribution in [0.4, 0.5) is 27.9 Å². The Morgan fingerprint density at radius 3 is 1.87 bits per heavy atom. The first-order valence-corrected chi connectivity index (χ1v) is 32.6. The third-order valence-electron chi connectivity index (χ3n) is 16.8. The Hall–Kier alpha value is -6.24. The minimum Gasteiger partial charge on any atom is -0.490 e. The van der Waals surface area contributed by atoms with Gasteiger partial charge in [0.05, 0.1) is 156 Å². The minimum absolute atomic E-state index is 0.0167. The van der Waals surface area contributed by atoms with Crippen molar-refractivity contribution in [3.63, 3.8) is 0 Å². The number of carbonyl (C=O) groups is 2. The second kappa shape index (κ2) is 40.2. The van der Waals surface area contributed by atoms with Gasteiger partial charge < -0.3 is 69.1 Å². The van der Waals surface area contributed by atoms with Crippen LogP contribution >= 0.6 is 0 Å². The number of carbonyl (C=O) groups excluding carboxylic acids is 2. The molecule has 2 bridgehead atoms. The Bertz CT molecular complexity index is 2710. The maximum absolute atomic E-state index is 13.9. The van der Waals surface area contributed by atoms with Gasteiger partial charge in [-0.3, -0.25) is 19.5 Å². The monoisotopic (exact) mass is 1320 g/mol. The second-order valence-electron chi connectivity index (χ2n) is 23.8. The molecule has 93 heavy (non-hydrogen) atoms. The first-order chi connectivity index (χ1) is 45.1. The van der Waals surface area contributed by atoms with Gasteiger partial charge in [-0.1, -0.05) is 30.3 Å². The number of alkyl halides is 3. The van der Waals surface area contributed by atoms with Crippen LogP contribution in [0, 0.1) is 17.2 Å². The average Bonchev–Trinajstić information content (AvgIpc) is 1.78. The number of ether oxygens (including phenoxy) is 10. The summed E-state index contributed by atoms with van der Waals surface area (Å²) in [7, 11) is 0. The predicted octanol–water partition coefficient (Wildman–Crippen LogP) is 7.46. The highest BCUT2D eigenvalue weighted by Gasteiger charge is 2.46. The number of piperidine rings is 1. The molecule has 4 heterocycles. The summed E-state index contributed by atoms with van der Waals surface area (Å²) in [5.41, 5.74) is 14.6. The molecule has 28 heteroatoms. The number of fused-ring (bicyclic) bond motifs is 2. The molecule has 1 aromatic heterocycles. The van der Waals surface area contributed by atoms with Crippen molar-refractivity contribution in [2.24, 2.45) is 28.4 Å². The van der Waals surface area contributed by atoms with E-state index in [0.29, 0.717) is 166 Å². The van der Waals surface area contributed by atoms with Gasteiger partial charge in [0.25, 0.3) is 0 Å². The van der Waals surface area contributed by atoms with Crippen LogP contribution in [0.25, 0.3) is 0 Å². The van der Waals surface area contributed by atoms with Gasteiger partial charge in [0.15, 0.2) is 23.2 Å². The SMILES string of the molecule is C=NN(/C=C(\N)CCCCOc1cnc(N2CC(C(=N)[N+](=C(C)N)C3CC4CCC(C3)N4CC[C@H](NC(=O)C3CCC(F)(F)CC3)c3ccccc3)C2)nc1)CCOCCOCCOCCOCCOCCOCCOCCOCCC(=O)OC1=C(F)CC(F)C=C1F. The first-order valence-electron chi connectivity index (χ1n) is 32.6. The van der Waals surface area contributed by atoms with Gasteiger partial charge in [-0.05, 0) is 75.8 Å². The van der Waals surface area contributed by atoms with Crippen LogP contribution in [0.3, 0.4) is 0 Å². The normalized spacial score (nSPS) is 20.8. The van der Waals surface area contributed by atoms with Gasteiger partial charge in [-0.2, -0.15) is 10.5 Å². The number of allylic oxidation sites excluding steroid dienone is 4. The molecule has 3 aliphatic heterocycles. The lowest BCUT2D eigenvalue weighted by Crippen LogP contribution is -2.57. The number of esters is 1. The van der Waals surface area contributed by atoms with Crippen molar-refractivity contribution in [3.05, 3.63) is 83.7 Å². The van der Waals surface area contributed by atoms with Gasteiger partial charge in [-0.25, -0.2) is 36.5 Å². The van der Waals surface area contributed by atoms with Crippen molar-refractivity contribution in [1.29, 1.82) is 5.41 Å². The number of unbranched alkanes of at least 4 members (excludes halogenated alkanes) is 1. The molecule has 2 aliphatic carbocycles. The van der Waals surface area contributed by atoms with E-state index in [1.807, 2.05) is 37.3 Å². The van der Waals surface area contributed by atoms with Gasteiger partial charge in [0.2, 0.25) is 23.6 Å². The van der Waals surface area contributed by atoms with Crippen molar-refractivity contribution in [3.8, 4) is 5.75 Å². The quantitative estimate of drug-likeness (QED) is 0.00953. The van der Waals surface area contributed by atoms with Gasteiger partial charge >= 0.3 is 5.97 Å². The van der Waals surface area contributed by atoms with E-state index in [0.717, 1.165) is 57.1 Å². The van der Waals surface area contributed by atoms with E-state index in [1.54, 1.807) is 23.6 Å². The standard InChI is InChI=1S/C65H96F5N11O12/c1-47(71)81(55-40-53-11-12-54(41-55)80(53)19-15-59(48-8-4-3-5-9-48)77-63(83)49-13-17-65(69,70)18-14-49)62(73)50-44-78(45-50)64-75-42-56(43-76-64)92-21-7-6-10-52(72)46-79(74-2)20-23-85-25-27-87-29-31-89-33-35-91-37-36-90-34-32-88-30-28-86-26-24-84-22-16-60(82)93-61-57(67)38-51(66)39-58(61)68/h3-5,8-9,38,42-43,46,49-51,53-55,59,71,73H,2,6-7,10-37,39-41,44-45,72H2,1H3,(H,77,83)/p+1/b52-46-,73-62?/t51?,53?,54?,55?,59-/m0/s1. The fourth-order valence-corrected chi connectivity index (χ4v) is 11.9. The fraction of sp³-hybridized carbons (Fsp3) is 0.677. The van der Waals surface area contributed by atoms with Crippen molar-refractivity contribution >= 4 is 36.2 Å². The Balaban J connectivity index is 0.634. The average molecular weight is 1320 g/mol. The lowest BCUT2D eigenvalue weighted by atomic mass is 9.86. The Morgan fingerprint density at radius 2 is 1.33 bits per heavy atom. The molecule has 1 amide bonds. The second-order valence-corrected chi connectivity index (χ2v) is 23.8. The number of rotatable bonds is 45. The zero-order chi connectivity index (χ0) is 66.2. The maximum atomic E-state index is 13.9. The Labute approximate surface area is 542 Å². The van der Waals surface area contributed by atoms with E-state index >= 15 is 0 Å². The summed E-state index contributed by atoms with van der Waals surface area (Å²) in [4.78, 5) is 39.0. The summed E-state index contributed by atoms with van der Waals surface area (Å²) in [6, 6.07) is 10.5. The number of benzene rings is 1. The summed E-state index contributed by atoms with van der Waals surface area (Å²) in [5.74, 6) is -5.07. The lowest BCUT2D eigenvalue weighted by molar-refractivity contribution is -0.471. The molecule has 6 N–H and O–H groups in total. The maximum Gasteiger partial charge on any atom is 0.313 e. The number of nitrogens with two attached hydrogens (primary N) is 2. The Kier molecular flexibility index (Phi) is 32.1. The number of anilines is 1. The summed E-state index contributed by atoms with van der Waals surface area (Å²) >= 11 is 0. The van der Waals surface area contributed by atoms with Crippen LogP contribution in [0.2, 0.25) is 0 Å². The number of amidine groups is 2. The van der Waals surface area contributed by atoms with Crippen molar-refractivity contribution < 1.29 is 83.5 Å². The molecule has 3 unspecified atom stereocenters. The molecule has 1 saturated carbocycles. The summed E-state index contributed by atoms with van der Waals surface area (Å²) in [5, 5.41) is 18.3. The molecule has 4 atom stereocenters. The van der Waals surface area contributed by atoms with Gasteiger partial charge in [-0.15, -0.1) is 0 Å². The zero-order valence-electron chi connectivity index (χ0n) is 53.8. The summed E-state index contributed by atoms with van der Waals surface area (Å²) in [6.07, 6.45) is 9.76. The molecule has 2 aromatic rings. The van der Waals surface area contributed by atoms with E-state index in [4.69, 9.17) is 54.1 Å². The number of hydrogen-bond acceptors (Lipinski definition) is 20. The number of hydrazone groups is 1. The molecule has 0 radical (unpaired) electrons. The molecular formula is C65H97F5N11O12+. The predicted molar refractivity (Wildman–Crippen MR) is 338 cm³/mol. The molecule has 0 spiro atoms. The molecule has 4 fully saturated rings. The summed E-state index contributed by atoms with van der Waals surface area (Å²) < 4.78 is 125. The van der Waals surface area contributed by atoms with Crippen LogP contribution in [0.1, 0.15) is 108 Å². The highest BCUT2D eigenvalue weighted by Crippen LogP contribution is 2.40. The fourth-order valence-electron chi connectivity index (χ4n) is 11.9. The number of amides is 1. The topological polar surface area (TPSA) is 265 Å². The van der Waals surface area contributed by atoms with Crippen LogP contribution in [-0.4, -0.2) is 223 Å². The molecular weight excluding hydrogens is 1220 g/mol. The lowest BCUT2D eigenvalue weighted by Gasteiger charge is -2.42. The molecule has 1 aromatic carbocycles. The van der Waals surface area contributed by atoms with E-state index in [1.165, 1.54) is 0 Å². The minimum atomic E-state index is -2.68. The van der Waals surface area contributed by atoms with Crippen molar-refractivity contribution in [2.45, 2.75) is 133 Å². The molecule has 3 saturated heterocycles. The number of nitrogens with zero attached hydrogens (tertiary/aromatic N) is 7. The highest BCUT2D eigenvalue weighted by molar-refractivity contribution is 5.85. The Morgan fingerprint density at radius 1 is 0.785 bits per heavy atom. The van der Waals surface area contributed by atoms with Crippen molar-refractivity contribution in [2.75, 3.05) is 143 Å². The number of aromatic nitrogens is 2. The van der Waals surface area contributed by atoms with E-state index < -0.39 is 47.8 Å². The van der Waals surface area contributed by atoms with Gasteiger partial charge in [0, 0.05) is 82.4 Å². The van der Waals surface area contributed by atoms with E-state index in [-0.39, 0.29) is 75.8 Å².